The van der Waals surface area contributed by atoms with E-state index in [0.29, 0.717) is 23.2 Å². The molecule has 1 aromatic carbocycles. The molecule has 2 N–H and O–H groups in total. The van der Waals surface area contributed by atoms with E-state index in [-0.39, 0.29) is 0 Å². The highest BCUT2D eigenvalue weighted by molar-refractivity contribution is 6.31. The summed E-state index contributed by atoms with van der Waals surface area (Å²) >= 11 is 6.13. The fourth-order valence-corrected chi connectivity index (χ4v) is 2.24. The Hall–Kier alpha value is -2.24. The van der Waals surface area contributed by atoms with Gasteiger partial charge < -0.3 is 10.3 Å². The first-order valence-corrected chi connectivity index (χ1v) is 6.84. The Balaban J connectivity index is 1.80. The molecule has 2 aromatic heterocycles. The molecule has 0 unspecified atom stereocenters. The highest BCUT2D eigenvalue weighted by Crippen LogP contribution is 2.25. The van der Waals surface area contributed by atoms with Crippen LogP contribution in [0.1, 0.15) is 29.0 Å². The van der Waals surface area contributed by atoms with E-state index in [1.54, 1.807) is 12.3 Å². The zero-order chi connectivity index (χ0) is 14.7. The quantitative estimate of drug-likeness (QED) is 0.801. The summed E-state index contributed by atoms with van der Waals surface area (Å²) in [6, 6.07) is 12.5. The predicted molar refractivity (Wildman–Crippen MR) is 78.8 cm³/mol. The molecule has 106 valence electrons. The summed E-state index contributed by atoms with van der Waals surface area (Å²) in [7, 11) is 0. The minimum Gasteiger partial charge on any atom is -0.337 e. The molecule has 2 heterocycles. The van der Waals surface area contributed by atoms with Crippen LogP contribution in [-0.2, 0) is 6.42 Å². The molecular weight excluding hydrogens is 288 g/mol. The van der Waals surface area contributed by atoms with Crippen LogP contribution in [0.15, 0.2) is 53.2 Å². The van der Waals surface area contributed by atoms with Gasteiger partial charge in [-0.2, -0.15) is 4.98 Å². The lowest BCUT2D eigenvalue weighted by Crippen LogP contribution is -2.12. The minimum atomic E-state index is -0.538. The average Bonchev–Trinajstić information content (AvgIpc) is 2.97. The molecular formula is C15H13ClN4O. The zero-order valence-corrected chi connectivity index (χ0v) is 11.9. The molecule has 0 spiro atoms. The highest BCUT2D eigenvalue weighted by Gasteiger charge is 2.19. The number of nitrogens with two attached hydrogens (primary N) is 1. The van der Waals surface area contributed by atoms with Gasteiger partial charge >= 0.3 is 0 Å². The number of rotatable bonds is 4. The Labute approximate surface area is 126 Å². The van der Waals surface area contributed by atoms with Crippen LogP contribution in [-0.4, -0.2) is 15.1 Å². The van der Waals surface area contributed by atoms with Crippen LogP contribution in [0.5, 0.6) is 0 Å². The molecule has 0 amide bonds. The van der Waals surface area contributed by atoms with Crippen molar-refractivity contribution in [3.05, 3.63) is 76.7 Å². The van der Waals surface area contributed by atoms with Crippen molar-refractivity contribution in [3.8, 4) is 0 Å². The Morgan fingerprint density at radius 1 is 1.14 bits per heavy atom. The van der Waals surface area contributed by atoms with Crippen molar-refractivity contribution in [1.29, 1.82) is 0 Å². The van der Waals surface area contributed by atoms with Crippen LogP contribution in [0.3, 0.4) is 0 Å². The second kappa shape index (κ2) is 6.03. The van der Waals surface area contributed by atoms with Gasteiger partial charge in [0.15, 0.2) is 5.82 Å². The smallest absolute Gasteiger partial charge is 0.248 e. The number of nitrogens with zero attached hydrogens (tertiary/aromatic N) is 3. The molecule has 1 atom stereocenters. The first-order valence-electron chi connectivity index (χ1n) is 6.46. The van der Waals surface area contributed by atoms with Gasteiger partial charge in [-0.25, -0.2) is 0 Å². The molecule has 0 aliphatic carbocycles. The average molecular weight is 301 g/mol. The molecule has 0 fully saturated rings. The fourth-order valence-electron chi connectivity index (χ4n) is 1.99. The van der Waals surface area contributed by atoms with Crippen LogP contribution in [0.4, 0.5) is 0 Å². The summed E-state index contributed by atoms with van der Waals surface area (Å²) in [5.74, 6) is 0.889. The first kappa shape index (κ1) is 13.7. The highest BCUT2D eigenvalue weighted by atomic mass is 35.5. The van der Waals surface area contributed by atoms with Crippen LogP contribution >= 0.6 is 11.6 Å². The molecule has 0 aliphatic rings. The van der Waals surface area contributed by atoms with Gasteiger partial charge in [-0.05, 0) is 23.8 Å². The second-order valence-corrected chi connectivity index (χ2v) is 4.95. The largest absolute Gasteiger partial charge is 0.337 e. The molecule has 21 heavy (non-hydrogen) atoms. The standard InChI is InChI=1S/C15H13ClN4O/c16-12-7-2-1-6-11(12)14(17)15-19-13(20-21-15)9-10-5-3-4-8-18-10/h1-8,14H,9,17H2/t14-/m1/s1. The van der Waals surface area contributed by atoms with Crippen molar-refractivity contribution in [2.45, 2.75) is 12.5 Å². The molecule has 0 saturated heterocycles. The van der Waals surface area contributed by atoms with E-state index in [0.717, 1.165) is 11.3 Å². The summed E-state index contributed by atoms with van der Waals surface area (Å²) in [4.78, 5) is 8.55. The normalized spacial score (nSPS) is 12.3. The third-order valence-electron chi connectivity index (χ3n) is 3.06. The van der Waals surface area contributed by atoms with Gasteiger partial charge in [0, 0.05) is 16.9 Å². The van der Waals surface area contributed by atoms with Crippen molar-refractivity contribution in [1.82, 2.24) is 15.1 Å². The first-order chi connectivity index (χ1) is 10.2. The molecule has 3 rings (SSSR count). The summed E-state index contributed by atoms with van der Waals surface area (Å²) in [5, 5.41) is 4.52. The lowest BCUT2D eigenvalue weighted by Gasteiger charge is -2.08. The van der Waals surface area contributed by atoms with Gasteiger partial charge in [0.25, 0.3) is 0 Å². The maximum atomic E-state index is 6.13. The molecule has 0 bridgehead atoms. The van der Waals surface area contributed by atoms with Crippen LogP contribution < -0.4 is 5.73 Å². The molecule has 6 heteroatoms. The SMILES string of the molecule is N[C@@H](c1nc(Cc2ccccn2)no1)c1ccccc1Cl. The van der Waals surface area contributed by atoms with Crippen molar-refractivity contribution >= 4 is 11.6 Å². The molecule has 3 aromatic rings. The summed E-state index contributed by atoms with van der Waals surface area (Å²) < 4.78 is 5.24. The van der Waals surface area contributed by atoms with Gasteiger partial charge in [0.2, 0.25) is 5.89 Å². The Kier molecular flexibility index (Phi) is 3.94. The van der Waals surface area contributed by atoms with Gasteiger partial charge in [0.05, 0.1) is 6.42 Å². The maximum Gasteiger partial charge on any atom is 0.248 e. The third-order valence-corrected chi connectivity index (χ3v) is 3.40. The Morgan fingerprint density at radius 2 is 1.95 bits per heavy atom. The van der Waals surface area contributed by atoms with Crippen LogP contribution in [0, 0.1) is 0 Å². The van der Waals surface area contributed by atoms with Gasteiger partial charge in [-0.1, -0.05) is 41.0 Å². The minimum absolute atomic E-state index is 0.342. The fraction of sp³-hybridized carbons (Fsp3) is 0.133. The second-order valence-electron chi connectivity index (χ2n) is 4.55. The van der Waals surface area contributed by atoms with E-state index in [4.69, 9.17) is 21.9 Å². The number of hydrogen-bond donors (Lipinski definition) is 1. The third kappa shape index (κ3) is 3.09. The molecule has 0 radical (unpaired) electrons. The zero-order valence-electron chi connectivity index (χ0n) is 11.1. The molecule has 5 nitrogen and oxygen atoms in total. The monoisotopic (exact) mass is 300 g/mol. The maximum absolute atomic E-state index is 6.13. The van der Waals surface area contributed by atoms with Gasteiger partial charge in [0.1, 0.15) is 6.04 Å². The van der Waals surface area contributed by atoms with Crippen molar-refractivity contribution in [2.75, 3.05) is 0 Å². The van der Waals surface area contributed by atoms with Crippen molar-refractivity contribution in [2.24, 2.45) is 5.73 Å². The topological polar surface area (TPSA) is 77.8 Å². The summed E-state index contributed by atoms with van der Waals surface area (Å²) in [5.41, 5.74) is 7.76. The number of aromatic nitrogens is 3. The van der Waals surface area contributed by atoms with Gasteiger partial charge in [-0.3, -0.25) is 4.98 Å². The number of halogens is 1. The number of pyridine rings is 1. The summed E-state index contributed by atoms with van der Waals surface area (Å²) in [6.07, 6.45) is 2.23. The Morgan fingerprint density at radius 3 is 2.71 bits per heavy atom. The van der Waals surface area contributed by atoms with E-state index in [2.05, 4.69) is 15.1 Å². The van der Waals surface area contributed by atoms with Gasteiger partial charge in [-0.15, -0.1) is 0 Å². The molecule has 0 saturated carbocycles. The van der Waals surface area contributed by atoms with E-state index >= 15 is 0 Å². The van der Waals surface area contributed by atoms with Crippen LogP contribution in [0.25, 0.3) is 0 Å². The van der Waals surface area contributed by atoms with E-state index in [9.17, 15) is 0 Å². The molecule has 0 aliphatic heterocycles. The summed E-state index contributed by atoms with van der Waals surface area (Å²) in [6.45, 7) is 0. The van der Waals surface area contributed by atoms with E-state index < -0.39 is 6.04 Å². The number of hydrogen-bond acceptors (Lipinski definition) is 5. The lowest BCUT2D eigenvalue weighted by atomic mass is 10.1. The predicted octanol–water partition coefficient (Wildman–Crippen LogP) is 2.76. The Bertz CT molecular complexity index is 729. The van der Waals surface area contributed by atoms with Crippen LogP contribution in [0.2, 0.25) is 5.02 Å². The van der Waals surface area contributed by atoms with E-state index in [1.807, 2.05) is 36.4 Å². The van der Waals surface area contributed by atoms with Crippen molar-refractivity contribution < 1.29 is 4.52 Å². The van der Waals surface area contributed by atoms with Crippen molar-refractivity contribution in [3.63, 3.8) is 0 Å². The lowest BCUT2D eigenvalue weighted by molar-refractivity contribution is 0.363. The van der Waals surface area contributed by atoms with E-state index in [1.165, 1.54) is 0 Å². The number of benzene rings is 1.